The van der Waals surface area contributed by atoms with Crippen LogP contribution in [0.25, 0.3) is 0 Å². The largest absolute Gasteiger partial charge is 0.276 e. The maximum absolute atomic E-state index is 12.2. The van der Waals surface area contributed by atoms with Gasteiger partial charge in [0, 0.05) is 5.71 Å². The zero-order chi connectivity index (χ0) is 14.6. The SMILES string of the molecule is CC/C(=N/NS(=O)(=O)c1cc(C)ccc1C)C(C)C. The van der Waals surface area contributed by atoms with Crippen molar-refractivity contribution in [3.05, 3.63) is 29.3 Å². The number of nitrogens with zero attached hydrogens (tertiary/aromatic N) is 1. The molecule has 5 heteroatoms. The molecule has 1 aromatic rings. The number of hydrazone groups is 1. The predicted molar refractivity (Wildman–Crippen MR) is 78.8 cm³/mol. The summed E-state index contributed by atoms with van der Waals surface area (Å²) in [5.74, 6) is 0.228. The molecule has 0 saturated heterocycles. The van der Waals surface area contributed by atoms with Gasteiger partial charge in [-0.15, -0.1) is 0 Å². The average molecular weight is 282 g/mol. The lowest BCUT2D eigenvalue weighted by molar-refractivity contribution is 0.583. The molecular formula is C14H22N2O2S. The molecule has 0 aliphatic carbocycles. The molecule has 0 aromatic heterocycles. The van der Waals surface area contributed by atoms with Gasteiger partial charge in [-0.3, -0.25) is 0 Å². The van der Waals surface area contributed by atoms with E-state index in [1.165, 1.54) is 0 Å². The third-order valence-corrected chi connectivity index (χ3v) is 4.32. The summed E-state index contributed by atoms with van der Waals surface area (Å²) < 4.78 is 24.5. The Labute approximate surface area is 116 Å². The molecule has 0 aliphatic heterocycles. The van der Waals surface area contributed by atoms with E-state index in [0.717, 1.165) is 23.3 Å². The Morgan fingerprint density at radius 3 is 2.47 bits per heavy atom. The van der Waals surface area contributed by atoms with Gasteiger partial charge < -0.3 is 0 Å². The van der Waals surface area contributed by atoms with Gasteiger partial charge in [-0.2, -0.15) is 13.5 Å². The second-order valence-corrected chi connectivity index (χ2v) is 6.60. The van der Waals surface area contributed by atoms with Crippen LogP contribution in [0.1, 0.15) is 38.3 Å². The van der Waals surface area contributed by atoms with Crippen molar-refractivity contribution in [2.24, 2.45) is 11.0 Å². The van der Waals surface area contributed by atoms with Crippen LogP contribution < -0.4 is 4.83 Å². The lowest BCUT2D eigenvalue weighted by Gasteiger charge is -2.11. The first-order chi connectivity index (χ1) is 8.77. The molecule has 0 unspecified atom stereocenters. The fraction of sp³-hybridized carbons (Fsp3) is 0.500. The van der Waals surface area contributed by atoms with Crippen LogP contribution in [0.4, 0.5) is 0 Å². The Hall–Kier alpha value is -1.36. The highest BCUT2D eigenvalue weighted by Gasteiger charge is 2.16. The maximum Gasteiger partial charge on any atom is 0.276 e. The molecule has 0 saturated carbocycles. The van der Waals surface area contributed by atoms with Crippen LogP contribution >= 0.6 is 0 Å². The highest BCUT2D eigenvalue weighted by atomic mass is 32.2. The molecule has 1 N–H and O–H groups in total. The van der Waals surface area contributed by atoms with Gasteiger partial charge in [0.2, 0.25) is 0 Å². The number of nitrogens with one attached hydrogen (secondary N) is 1. The highest BCUT2D eigenvalue weighted by molar-refractivity contribution is 7.89. The highest BCUT2D eigenvalue weighted by Crippen LogP contribution is 2.16. The first-order valence-corrected chi connectivity index (χ1v) is 7.91. The van der Waals surface area contributed by atoms with Gasteiger partial charge in [0.05, 0.1) is 4.90 Å². The predicted octanol–water partition coefficient (Wildman–Crippen LogP) is 3.00. The number of sulfonamides is 1. The van der Waals surface area contributed by atoms with Crippen molar-refractivity contribution in [3.63, 3.8) is 0 Å². The summed E-state index contributed by atoms with van der Waals surface area (Å²) in [5, 5.41) is 4.04. The molecule has 1 aromatic carbocycles. The minimum absolute atomic E-state index is 0.228. The van der Waals surface area contributed by atoms with Crippen LogP contribution in [0, 0.1) is 19.8 Å². The van der Waals surface area contributed by atoms with Crippen LogP contribution in [0.15, 0.2) is 28.2 Å². The topological polar surface area (TPSA) is 58.5 Å². The van der Waals surface area contributed by atoms with Crippen LogP contribution in [0.5, 0.6) is 0 Å². The molecule has 0 radical (unpaired) electrons. The monoisotopic (exact) mass is 282 g/mol. The number of hydrogen-bond acceptors (Lipinski definition) is 3. The lowest BCUT2D eigenvalue weighted by atomic mass is 10.1. The molecule has 0 amide bonds. The van der Waals surface area contributed by atoms with E-state index in [9.17, 15) is 8.42 Å². The second kappa shape index (κ2) is 6.19. The molecule has 0 fully saturated rings. The minimum atomic E-state index is -3.59. The maximum atomic E-state index is 12.2. The van der Waals surface area contributed by atoms with E-state index in [1.807, 2.05) is 33.8 Å². The van der Waals surface area contributed by atoms with E-state index < -0.39 is 10.0 Å². The number of rotatable bonds is 5. The zero-order valence-electron chi connectivity index (χ0n) is 12.2. The molecule has 0 bridgehead atoms. The normalized spacial score (nSPS) is 12.8. The van der Waals surface area contributed by atoms with Gasteiger partial charge in [0.25, 0.3) is 10.0 Å². The molecule has 19 heavy (non-hydrogen) atoms. The van der Waals surface area contributed by atoms with Crippen molar-refractivity contribution >= 4 is 15.7 Å². The zero-order valence-corrected chi connectivity index (χ0v) is 13.0. The Morgan fingerprint density at radius 1 is 1.32 bits per heavy atom. The second-order valence-electron chi connectivity index (χ2n) is 4.98. The number of hydrogen-bond donors (Lipinski definition) is 1. The van der Waals surface area contributed by atoms with Crippen molar-refractivity contribution in [2.45, 2.75) is 45.9 Å². The summed E-state index contributed by atoms with van der Waals surface area (Å²) in [6.45, 7) is 9.60. The van der Waals surface area contributed by atoms with E-state index in [2.05, 4.69) is 9.93 Å². The van der Waals surface area contributed by atoms with E-state index in [1.54, 1.807) is 19.1 Å². The molecule has 4 nitrogen and oxygen atoms in total. The van der Waals surface area contributed by atoms with Gasteiger partial charge in [0.15, 0.2) is 0 Å². The molecule has 0 heterocycles. The van der Waals surface area contributed by atoms with Gasteiger partial charge in [-0.05, 0) is 43.4 Å². The van der Waals surface area contributed by atoms with Crippen molar-refractivity contribution in [1.29, 1.82) is 0 Å². The quantitative estimate of drug-likeness (QED) is 0.666. The Bertz CT molecular complexity index is 575. The average Bonchev–Trinajstić information content (AvgIpc) is 2.32. The molecule has 106 valence electrons. The van der Waals surface area contributed by atoms with E-state index in [-0.39, 0.29) is 10.8 Å². The van der Waals surface area contributed by atoms with Crippen LogP contribution in [-0.2, 0) is 10.0 Å². The molecule has 0 spiro atoms. The first-order valence-electron chi connectivity index (χ1n) is 6.43. The van der Waals surface area contributed by atoms with Crippen LogP contribution in [-0.4, -0.2) is 14.1 Å². The fourth-order valence-electron chi connectivity index (χ4n) is 1.78. The lowest BCUT2D eigenvalue weighted by Crippen LogP contribution is -2.22. The third-order valence-electron chi connectivity index (χ3n) is 2.97. The van der Waals surface area contributed by atoms with Crippen LogP contribution in [0.2, 0.25) is 0 Å². The summed E-state index contributed by atoms with van der Waals surface area (Å²) in [6, 6.07) is 5.36. The molecule has 1 rings (SSSR count). The van der Waals surface area contributed by atoms with Crippen molar-refractivity contribution in [1.82, 2.24) is 4.83 Å². The van der Waals surface area contributed by atoms with Crippen LogP contribution in [0.3, 0.4) is 0 Å². The summed E-state index contributed by atoms with van der Waals surface area (Å²) >= 11 is 0. The van der Waals surface area contributed by atoms with E-state index in [0.29, 0.717) is 0 Å². The van der Waals surface area contributed by atoms with Crippen molar-refractivity contribution in [2.75, 3.05) is 0 Å². The van der Waals surface area contributed by atoms with Gasteiger partial charge in [-0.1, -0.05) is 32.9 Å². The summed E-state index contributed by atoms with van der Waals surface area (Å²) in [4.78, 5) is 2.62. The molecule has 0 aliphatic rings. The van der Waals surface area contributed by atoms with E-state index >= 15 is 0 Å². The Balaban J connectivity index is 3.09. The summed E-state index contributed by atoms with van der Waals surface area (Å²) in [5.41, 5.74) is 2.47. The van der Waals surface area contributed by atoms with Gasteiger partial charge in [0.1, 0.15) is 0 Å². The molecular weight excluding hydrogens is 260 g/mol. The van der Waals surface area contributed by atoms with Crippen molar-refractivity contribution in [3.8, 4) is 0 Å². The standard InChI is InChI=1S/C14H22N2O2S/c1-6-13(10(2)3)15-16-19(17,18)14-9-11(4)7-8-12(14)5/h7-10,16H,6H2,1-5H3/b15-13-. The molecule has 0 atom stereocenters. The minimum Gasteiger partial charge on any atom is -0.200 e. The Kier molecular flexibility index (Phi) is 5.11. The fourth-order valence-corrected chi connectivity index (χ4v) is 2.95. The summed E-state index contributed by atoms with van der Waals surface area (Å²) in [7, 11) is -3.59. The van der Waals surface area contributed by atoms with Gasteiger partial charge in [-0.25, -0.2) is 4.83 Å². The third kappa shape index (κ3) is 4.06. The smallest absolute Gasteiger partial charge is 0.200 e. The van der Waals surface area contributed by atoms with Crippen molar-refractivity contribution < 1.29 is 8.42 Å². The number of benzene rings is 1. The summed E-state index contributed by atoms with van der Waals surface area (Å²) in [6.07, 6.45) is 0.729. The van der Waals surface area contributed by atoms with E-state index in [4.69, 9.17) is 0 Å². The van der Waals surface area contributed by atoms with Gasteiger partial charge >= 0.3 is 0 Å². The number of aryl methyl sites for hydroxylation is 2. The first kappa shape index (κ1) is 15.7. The Morgan fingerprint density at radius 2 is 1.95 bits per heavy atom.